The Morgan fingerprint density at radius 3 is 2.60 bits per heavy atom. The molecule has 1 atom stereocenters. The highest BCUT2D eigenvalue weighted by atomic mass is 19.4. The largest absolute Gasteiger partial charge is 0.393 e. The van der Waals surface area contributed by atoms with Crippen LogP contribution in [0.4, 0.5) is 18.9 Å². The molecule has 1 saturated heterocycles. The van der Waals surface area contributed by atoms with Gasteiger partial charge in [-0.05, 0) is 25.5 Å². The van der Waals surface area contributed by atoms with Crippen LogP contribution in [0.2, 0.25) is 0 Å². The molecule has 0 aliphatic carbocycles. The number of benzene rings is 1. The van der Waals surface area contributed by atoms with E-state index in [4.69, 9.17) is 0 Å². The molecule has 2 aliphatic heterocycles. The average molecular weight is 357 g/mol. The average Bonchev–Trinajstić information content (AvgIpc) is 2.79. The molecule has 3 rings (SSSR count). The Bertz CT molecular complexity index is 750. The Hall–Kier alpha value is -2.49. The fraction of sp³-hybridized carbons (Fsp3) is 0.467. The second-order valence-electron chi connectivity index (χ2n) is 6.09. The summed E-state index contributed by atoms with van der Waals surface area (Å²) < 4.78 is 38.7. The van der Waals surface area contributed by atoms with E-state index in [1.54, 1.807) is 0 Å². The van der Waals surface area contributed by atoms with Crippen LogP contribution in [0.3, 0.4) is 0 Å². The number of alkyl halides is 3. The standard InChI is InChI=1S/C15H14F3N3O4/c16-15(17,18)9-3-2-6-19(7-9)8-20-13(22)10-4-1-5-11(21(24)25)12(10)14(20)23/h1,4-5,9H,2-3,6-8H2. The molecular formula is C15H14F3N3O4. The zero-order valence-corrected chi connectivity index (χ0v) is 13.0. The summed E-state index contributed by atoms with van der Waals surface area (Å²) in [4.78, 5) is 37.3. The minimum absolute atomic E-state index is 0.00753. The first-order valence-corrected chi connectivity index (χ1v) is 7.63. The third-order valence-electron chi connectivity index (χ3n) is 4.48. The number of nitro benzene ring substituents is 1. The van der Waals surface area contributed by atoms with Crippen molar-refractivity contribution in [2.75, 3.05) is 19.8 Å². The second-order valence-corrected chi connectivity index (χ2v) is 6.09. The van der Waals surface area contributed by atoms with Gasteiger partial charge in [0.25, 0.3) is 17.5 Å². The number of imide groups is 1. The minimum Gasteiger partial charge on any atom is -0.285 e. The predicted octanol–water partition coefficient (Wildman–Crippen LogP) is 2.42. The van der Waals surface area contributed by atoms with Gasteiger partial charge in [0.1, 0.15) is 5.56 Å². The number of rotatable bonds is 3. The molecule has 25 heavy (non-hydrogen) atoms. The number of amides is 2. The molecule has 1 fully saturated rings. The van der Waals surface area contributed by atoms with Gasteiger partial charge in [0.05, 0.1) is 23.1 Å². The molecule has 134 valence electrons. The molecule has 0 bridgehead atoms. The van der Waals surface area contributed by atoms with Gasteiger partial charge >= 0.3 is 6.18 Å². The Labute approximate surface area is 140 Å². The van der Waals surface area contributed by atoms with Crippen molar-refractivity contribution in [3.05, 3.63) is 39.4 Å². The van der Waals surface area contributed by atoms with Crippen LogP contribution in [0.15, 0.2) is 18.2 Å². The number of nitrogens with zero attached hydrogens (tertiary/aromatic N) is 3. The first kappa shape index (κ1) is 17.3. The Morgan fingerprint density at radius 1 is 1.24 bits per heavy atom. The van der Waals surface area contributed by atoms with Crippen molar-refractivity contribution in [3.8, 4) is 0 Å². The topological polar surface area (TPSA) is 83.8 Å². The number of likely N-dealkylation sites (tertiary alicyclic amines) is 1. The van der Waals surface area contributed by atoms with Gasteiger partial charge in [-0.3, -0.25) is 29.5 Å². The van der Waals surface area contributed by atoms with Gasteiger partial charge < -0.3 is 0 Å². The molecule has 0 saturated carbocycles. The lowest BCUT2D eigenvalue weighted by molar-refractivity contribution is -0.385. The molecule has 7 nitrogen and oxygen atoms in total. The number of hydrogen-bond donors (Lipinski definition) is 0. The summed E-state index contributed by atoms with van der Waals surface area (Å²) in [7, 11) is 0. The van der Waals surface area contributed by atoms with Gasteiger partial charge in [0.15, 0.2) is 0 Å². The van der Waals surface area contributed by atoms with Gasteiger partial charge in [-0.1, -0.05) is 6.07 Å². The van der Waals surface area contributed by atoms with Crippen LogP contribution in [0.5, 0.6) is 0 Å². The summed E-state index contributed by atoms with van der Waals surface area (Å²) >= 11 is 0. The molecule has 1 aromatic carbocycles. The summed E-state index contributed by atoms with van der Waals surface area (Å²) in [6, 6.07) is 3.72. The van der Waals surface area contributed by atoms with Crippen molar-refractivity contribution < 1.29 is 27.7 Å². The van der Waals surface area contributed by atoms with Crippen LogP contribution in [0, 0.1) is 16.0 Å². The van der Waals surface area contributed by atoms with Gasteiger partial charge in [-0.25, -0.2) is 0 Å². The molecule has 2 aliphatic rings. The highest BCUT2D eigenvalue weighted by molar-refractivity contribution is 6.23. The molecule has 0 spiro atoms. The fourth-order valence-corrected chi connectivity index (χ4v) is 3.25. The van der Waals surface area contributed by atoms with Crippen LogP contribution in [-0.4, -0.2) is 52.5 Å². The lowest BCUT2D eigenvalue weighted by Crippen LogP contribution is -2.48. The SMILES string of the molecule is O=C1c2cccc([N+](=O)[O-])c2C(=O)N1CN1CCCC(C(F)(F)F)C1. The highest BCUT2D eigenvalue weighted by Crippen LogP contribution is 2.34. The normalized spacial score (nSPS) is 21.6. The quantitative estimate of drug-likeness (QED) is 0.471. The van der Waals surface area contributed by atoms with E-state index in [1.807, 2.05) is 0 Å². The summed E-state index contributed by atoms with van der Waals surface area (Å²) in [5, 5.41) is 11.1. The van der Waals surface area contributed by atoms with E-state index in [1.165, 1.54) is 17.0 Å². The zero-order chi connectivity index (χ0) is 18.4. The van der Waals surface area contributed by atoms with Crippen molar-refractivity contribution in [1.29, 1.82) is 0 Å². The molecule has 0 N–H and O–H groups in total. The number of carbonyl (C=O) groups is 2. The van der Waals surface area contributed by atoms with Crippen molar-refractivity contribution in [2.24, 2.45) is 5.92 Å². The van der Waals surface area contributed by atoms with Crippen LogP contribution in [0.25, 0.3) is 0 Å². The lowest BCUT2D eigenvalue weighted by Gasteiger charge is -2.35. The lowest BCUT2D eigenvalue weighted by atomic mass is 9.98. The minimum atomic E-state index is -4.33. The van der Waals surface area contributed by atoms with E-state index in [2.05, 4.69) is 0 Å². The number of fused-ring (bicyclic) bond motifs is 1. The van der Waals surface area contributed by atoms with E-state index in [0.717, 1.165) is 11.0 Å². The smallest absolute Gasteiger partial charge is 0.285 e. The molecule has 0 radical (unpaired) electrons. The maximum Gasteiger partial charge on any atom is 0.393 e. The van der Waals surface area contributed by atoms with Crippen molar-refractivity contribution in [1.82, 2.24) is 9.80 Å². The molecular weight excluding hydrogens is 343 g/mol. The van der Waals surface area contributed by atoms with Gasteiger partial charge in [-0.15, -0.1) is 0 Å². The van der Waals surface area contributed by atoms with E-state index < -0.39 is 34.5 Å². The van der Waals surface area contributed by atoms with Crippen molar-refractivity contribution in [2.45, 2.75) is 19.0 Å². The summed E-state index contributed by atoms with van der Waals surface area (Å²) in [5.41, 5.74) is -0.879. The number of hydrogen-bond acceptors (Lipinski definition) is 5. The molecule has 2 amide bonds. The van der Waals surface area contributed by atoms with Crippen LogP contribution >= 0.6 is 0 Å². The monoisotopic (exact) mass is 357 g/mol. The van der Waals surface area contributed by atoms with Gasteiger partial charge in [-0.2, -0.15) is 13.2 Å². The maximum absolute atomic E-state index is 12.9. The zero-order valence-electron chi connectivity index (χ0n) is 13.0. The van der Waals surface area contributed by atoms with Gasteiger partial charge in [0.2, 0.25) is 0 Å². The fourth-order valence-electron chi connectivity index (χ4n) is 3.25. The molecule has 0 aromatic heterocycles. The third-order valence-corrected chi connectivity index (χ3v) is 4.48. The first-order valence-electron chi connectivity index (χ1n) is 7.63. The van der Waals surface area contributed by atoms with Crippen molar-refractivity contribution >= 4 is 17.5 Å². The highest BCUT2D eigenvalue weighted by Gasteiger charge is 2.45. The van der Waals surface area contributed by atoms with Crippen LogP contribution < -0.4 is 0 Å². The molecule has 10 heteroatoms. The van der Waals surface area contributed by atoms with Crippen LogP contribution in [0.1, 0.15) is 33.6 Å². The van der Waals surface area contributed by atoms with Crippen LogP contribution in [-0.2, 0) is 0 Å². The number of halogens is 3. The maximum atomic E-state index is 12.9. The molecule has 1 aromatic rings. The van der Waals surface area contributed by atoms with E-state index >= 15 is 0 Å². The Kier molecular flexibility index (Phi) is 4.23. The van der Waals surface area contributed by atoms with E-state index in [0.29, 0.717) is 13.0 Å². The summed E-state index contributed by atoms with van der Waals surface area (Å²) in [6.07, 6.45) is -4.03. The van der Waals surface area contributed by atoms with Gasteiger partial charge in [0, 0.05) is 12.6 Å². The van der Waals surface area contributed by atoms with Crippen molar-refractivity contribution in [3.63, 3.8) is 0 Å². The Balaban J connectivity index is 1.81. The third kappa shape index (κ3) is 3.09. The second kappa shape index (κ2) is 6.10. The molecule has 1 unspecified atom stereocenters. The number of nitro groups is 1. The predicted molar refractivity (Wildman–Crippen MR) is 78.8 cm³/mol. The van der Waals surface area contributed by atoms with E-state index in [9.17, 15) is 32.9 Å². The number of carbonyl (C=O) groups excluding carboxylic acids is 2. The summed E-state index contributed by atoms with van der Waals surface area (Å²) in [6.45, 7) is -0.294. The Morgan fingerprint density at radius 2 is 1.96 bits per heavy atom. The number of piperidine rings is 1. The van der Waals surface area contributed by atoms with E-state index in [-0.39, 0.29) is 30.8 Å². The first-order chi connectivity index (χ1) is 11.7. The summed E-state index contributed by atoms with van der Waals surface area (Å²) in [5.74, 6) is -3.08. The molecule has 2 heterocycles.